The predicted molar refractivity (Wildman–Crippen MR) is 163 cm³/mol. The Balaban J connectivity index is 1.48. The van der Waals surface area contributed by atoms with Crippen LogP contribution in [-0.4, -0.2) is 66.7 Å². The molecule has 40 heavy (non-hydrogen) atoms. The van der Waals surface area contributed by atoms with E-state index in [1.807, 2.05) is 39.3 Å². The molecule has 9 nitrogen and oxygen atoms in total. The average Bonchev–Trinajstić information content (AvgIpc) is 3.71. The van der Waals surface area contributed by atoms with E-state index in [9.17, 15) is 4.79 Å². The van der Waals surface area contributed by atoms with Crippen LogP contribution in [-0.2, 0) is 11.3 Å². The molecule has 1 aliphatic rings. The maximum atomic E-state index is 12.3. The number of carbonyl (C=O) groups is 1. The lowest BCUT2D eigenvalue weighted by Crippen LogP contribution is -2.29. The molecule has 0 atom stereocenters. The molecule has 2 aromatic heterocycles. The summed E-state index contributed by atoms with van der Waals surface area (Å²) in [5.41, 5.74) is 5.23. The molecule has 0 bridgehead atoms. The van der Waals surface area contributed by atoms with Crippen LogP contribution in [0.5, 0.6) is 5.75 Å². The van der Waals surface area contributed by atoms with Crippen molar-refractivity contribution < 1.29 is 9.53 Å². The molecule has 208 valence electrons. The Bertz CT molecular complexity index is 1520. The van der Waals surface area contributed by atoms with Crippen LogP contribution in [0.1, 0.15) is 12.8 Å². The number of hydrogen-bond donors (Lipinski definition) is 2. The van der Waals surface area contributed by atoms with Gasteiger partial charge in [-0.2, -0.15) is 0 Å². The molecule has 1 amide bonds. The number of rotatable bonds is 12. The van der Waals surface area contributed by atoms with E-state index in [0.717, 1.165) is 42.5 Å². The first-order valence-electron chi connectivity index (χ1n) is 13.6. The minimum Gasteiger partial charge on any atom is -0.494 e. The van der Waals surface area contributed by atoms with Crippen molar-refractivity contribution in [1.82, 2.24) is 19.4 Å². The summed E-state index contributed by atoms with van der Waals surface area (Å²) in [4.78, 5) is 25.9. The van der Waals surface area contributed by atoms with E-state index in [-0.39, 0.29) is 5.91 Å². The Kier molecular flexibility index (Phi) is 8.02. The van der Waals surface area contributed by atoms with Gasteiger partial charge in [-0.05, 0) is 57.1 Å². The number of fused-ring (bicyclic) bond motifs is 1. The number of nitrogens with one attached hydrogen (secondary N) is 2. The molecule has 2 N–H and O–H groups in total. The fourth-order valence-electron chi connectivity index (χ4n) is 4.78. The van der Waals surface area contributed by atoms with Crippen molar-refractivity contribution in [2.24, 2.45) is 5.92 Å². The third-order valence-corrected chi connectivity index (χ3v) is 7.17. The van der Waals surface area contributed by atoms with Crippen LogP contribution < -0.4 is 20.3 Å². The largest absolute Gasteiger partial charge is 0.494 e. The van der Waals surface area contributed by atoms with E-state index in [2.05, 4.69) is 67.0 Å². The molecule has 0 radical (unpaired) electrons. The molecule has 9 heteroatoms. The molecule has 4 aromatic rings. The van der Waals surface area contributed by atoms with E-state index in [4.69, 9.17) is 9.72 Å². The minimum absolute atomic E-state index is 0.292. The van der Waals surface area contributed by atoms with Crippen LogP contribution in [0.25, 0.3) is 22.2 Å². The van der Waals surface area contributed by atoms with Crippen LogP contribution in [0.4, 0.5) is 23.0 Å². The maximum Gasteiger partial charge on any atom is 0.247 e. The summed E-state index contributed by atoms with van der Waals surface area (Å²) in [6, 6.07) is 14.2. The lowest BCUT2D eigenvalue weighted by Gasteiger charge is -2.26. The molecule has 1 fully saturated rings. The monoisotopic (exact) mass is 539 g/mol. The number of para-hydroxylation sites is 1. The summed E-state index contributed by atoms with van der Waals surface area (Å²) in [6.45, 7) is 6.25. The van der Waals surface area contributed by atoms with Gasteiger partial charge in [0.2, 0.25) is 11.9 Å². The first-order chi connectivity index (χ1) is 19.4. The molecule has 1 aliphatic carbocycles. The number of amides is 1. The van der Waals surface area contributed by atoms with Gasteiger partial charge < -0.3 is 29.7 Å². The molecule has 0 aliphatic heterocycles. The van der Waals surface area contributed by atoms with Gasteiger partial charge in [-0.25, -0.2) is 9.97 Å². The molecule has 2 heterocycles. The van der Waals surface area contributed by atoms with Gasteiger partial charge >= 0.3 is 0 Å². The van der Waals surface area contributed by atoms with E-state index in [0.29, 0.717) is 23.1 Å². The molecule has 0 spiro atoms. The summed E-state index contributed by atoms with van der Waals surface area (Å²) in [7, 11) is 7.67. The van der Waals surface area contributed by atoms with Crippen molar-refractivity contribution in [2.45, 2.75) is 19.4 Å². The standard InChI is InChI=1S/C31H37N7O2/c1-6-30(39)33-25-17-26(29(40-5)18-28(25)37(4)16-15-36(2)3)35-31-32-14-13-24(34-31)23-20-38(19-21-11-12-21)27-10-8-7-9-22(23)27/h6-10,13-14,17-18,20-21H,1,11-12,15-16,19H2,2-5H3,(H,33,39)(H,32,34,35). The normalized spacial score (nSPS) is 12.9. The zero-order valence-corrected chi connectivity index (χ0v) is 23.6. The molecular weight excluding hydrogens is 502 g/mol. The summed E-state index contributed by atoms with van der Waals surface area (Å²) < 4.78 is 8.10. The number of benzene rings is 2. The number of ether oxygens (including phenoxy) is 1. The molecule has 0 saturated heterocycles. The molecule has 2 aromatic carbocycles. The third kappa shape index (κ3) is 6.10. The number of aromatic nitrogens is 3. The van der Waals surface area contributed by atoms with Crippen LogP contribution >= 0.6 is 0 Å². The zero-order chi connectivity index (χ0) is 28.2. The van der Waals surface area contributed by atoms with Crippen molar-refractivity contribution in [3.05, 3.63) is 67.5 Å². The van der Waals surface area contributed by atoms with Gasteiger partial charge in [0.05, 0.1) is 29.9 Å². The number of carbonyl (C=O) groups excluding carboxylic acids is 1. The Morgan fingerprint density at radius 3 is 2.67 bits per heavy atom. The summed E-state index contributed by atoms with van der Waals surface area (Å²) in [5.74, 6) is 1.52. The third-order valence-electron chi connectivity index (χ3n) is 7.17. The SMILES string of the molecule is C=CC(=O)Nc1cc(Nc2nccc(-c3cn(CC4CC4)c4ccccc34)n2)c(OC)cc1N(C)CCN(C)C. The Labute approximate surface area is 235 Å². The smallest absolute Gasteiger partial charge is 0.247 e. The number of anilines is 4. The zero-order valence-electron chi connectivity index (χ0n) is 23.6. The van der Waals surface area contributed by atoms with Crippen LogP contribution in [0.2, 0.25) is 0 Å². The van der Waals surface area contributed by atoms with Crippen molar-refractivity contribution in [3.63, 3.8) is 0 Å². The quantitative estimate of drug-likeness (QED) is 0.234. The molecule has 1 saturated carbocycles. The van der Waals surface area contributed by atoms with Crippen molar-refractivity contribution in [1.29, 1.82) is 0 Å². The first-order valence-corrected chi connectivity index (χ1v) is 13.6. The minimum atomic E-state index is -0.292. The molecular formula is C31H37N7O2. The Hall–Kier alpha value is -4.37. The summed E-state index contributed by atoms with van der Waals surface area (Å²) in [5, 5.41) is 7.43. The highest BCUT2D eigenvalue weighted by atomic mass is 16.5. The van der Waals surface area contributed by atoms with Crippen molar-refractivity contribution in [3.8, 4) is 17.0 Å². The van der Waals surface area contributed by atoms with Gasteiger partial charge in [0, 0.05) is 61.6 Å². The number of likely N-dealkylation sites (N-methyl/N-ethyl adjacent to an activating group) is 2. The predicted octanol–water partition coefficient (Wildman–Crippen LogP) is 5.38. The summed E-state index contributed by atoms with van der Waals surface area (Å²) in [6.07, 6.45) is 7.81. The van der Waals surface area contributed by atoms with Gasteiger partial charge in [-0.1, -0.05) is 24.8 Å². The van der Waals surface area contributed by atoms with E-state index >= 15 is 0 Å². The highest BCUT2D eigenvalue weighted by Gasteiger charge is 2.23. The average molecular weight is 540 g/mol. The molecule has 0 unspecified atom stereocenters. The van der Waals surface area contributed by atoms with Crippen LogP contribution in [0, 0.1) is 5.92 Å². The van der Waals surface area contributed by atoms with Gasteiger partial charge in [0.15, 0.2) is 0 Å². The van der Waals surface area contributed by atoms with Crippen LogP contribution in [0.15, 0.2) is 67.5 Å². The fraction of sp³-hybridized carbons (Fsp3) is 0.323. The fourth-order valence-corrected chi connectivity index (χ4v) is 4.78. The second kappa shape index (κ2) is 11.8. The van der Waals surface area contributed by atoms with Gasteiger partial charge in [-0.3, -0.25) is 4.79 Å². The van der Waals surface area contributed by atoms with Crippen LogP contribution in [0.3, 0.4) is 0 Å². The second-order valence-electron chi connectivity index (χ2n) is 10.5. The molecule has 5 rings (SSSR count). The van der Waals surface area contributed by atoms with Crippen molar-refractivity contribution >= 4 is 39.8 Å². The summed E-state index contributed by atoms with van der Waals surface area (Å²) >= 11 is 0. The highest BCUT2D eigenvalue weighted by molar-refractivity contribution is 6.02. The van der Waals surface area contributed by atoms with E-state index in [1.165, 1.54) is 29.8 Å². The lowest BCUT2D eigenvalue weighted by molar-refractivity contribution is -0.111. The Morgan fingerprint density at radius 2 is 1.95 bits per heavy atom. The van der Waals surface area contributed by atoms with E-state index < -0.39 is 0 Å². The van der Waals surface area contributed by atoms with Gasteiger partial charge in [0.1, 0.15) is 5.75 Å². The first kappa shape index (κ1) is 27.2. The van der Waals surface area contributed by atoms with Gasteiger partial charge in [-0.15, -0.1) is 0 Å². The number of methoxy groups -OCH3 is 1. The maximum absolute atomic E-state index is 12.3. The lowest BCUT2D eigenvalue weighted by atomic mass is 10.1. The van der Waals surface area contributed by atoms with E-state index in [1.54, 1.807) is 13.3 Å². The number of hydrogen-bond acceptors (Lipinski definition) is 7. The number of nitrogens with zero attached hydrogens (tertiary/aromatic N) is 5. The Morgan fingerprint density at radius 1 is 1.15 bits per heavy atom. The van der Waals surface area contributed by atoms with Crippen molar-refractivity contribution in [2.75, 3.05) is 56.9 Å². The second-order valence-corrected chi connectivity index (χ2v) is 10.5. The highest BCUT2D eigenvalue weighted by Crippen LogP contribution is 2.39. The topological polar surface area (TPSA) is 87.5 Å². The van der Waals surface area contributed by atoms with Gasteiger partial charge in [0.25, 0.3) is 0 Å².